The molecule has 1 atom stereocenters. The number of rotatable bonds is 4. The first-order valence-corrected chi connectivity index (χ1v) is 6.32. The second kappa shape index (κ2) is 4.94. The number of fused-ring (bicyclic) bond motifs is 1. The first kappa shape index (κ1) is 10.9. The number of ether oxygens (including phenoxy) is 1. The molecule has 1 unspecified atom stereocenters. The molecule has 0 aromatic carbocycles. The molecule has 0 aliphatic heterocycles. The van der Waals surface area contributed by atoms with Gasteiger partial charge in [-0.15, -0.1) is 11.3 Å². The zero-order valence-corrected chi connectivity index (χ0v) is 10.2. The second-order valence-corrected chi connectivity index (χ2v) is 5.24. The highest BCUT2D eigenvalue weighted by Gasteiger charge is 2.19. The lowest BCUT2D eigenvalue weighted by atomic mass is 9.93. The van der Waals surface area contributed by atoms with Gasteiger partial charge in [-0.1, -0.05) is 6.92 Å². The van der Waals surface area contributed by atoms with Crippen LogP contribution >= 0.6 is 11.3 Å². The maximum atomic E-state index is 5.00. The molecule has 1 aliphatic carbocycles. The van der Waals surface area contributed by atoms with Crippen LogP contribution in [0.3, 0.4) is 0 Å². The number of anilines is 1. The van der Waals surface area contributed by atoms with Gasteiger partial charge in [-0.3, -0.25) is 0 Å². The highest BCUT2D eigenvalue weighted by Crippen LogP contribution is 2.31. The fourth-order valence-electron chi connectivity index (χ4n) is 1.88. The van der Waals surface area contributed by atoms with Gasteiger partial charge in [0.1, 0.15) is 0 Å². The van der Waals surface area contributed by atoms with Crippen LogP contribution < -0.4 is 5.32 Å². The molecular formula is C11H18N2OS. The number of hydrogen-bond donors (Lipinski definition) is 1. The van der Waals surface area contributed by atoms with Crippen LogP contribution in [0, 0.1) is 5.92 Å². The molecule has 1 N–H and O–H groups in total. The van der Waals surface area contributed by atoms with Gasteiger partial charge in [-0.2, -0.15) is 0 Å². The third-order valence-electron chi connectivity index (χ3n) is 2.77. The minimum atomic E-state index is 0.737. The highest BCUT2D eigenvalue weighted by atomic mass is 32.1. The van der Waals surface area contributed by atoms with Gasteiger partial charge in [-0.25, -0.2) is 4.98 Å². The lowest BCUT2D eigenvalue weighted by Gasteiger charge is -2.15. The number of methoxy groups -OCH3 is 1. The quantitative estimate of drug-likeness (QED) is 0.800. The third kappa shape index (κ3) is 2.69. The summed E-state index contributed by atoms with van der Waals surface area (Å²) in [6.45, 7) is 3.90. The molecule has 0 amide bonds. The summed E-state index contributed by atoms with van der Waals surface area (Å²) in [6, 6.07) is 0. The van der Waals surface area contributed by atoms with E-state index in [2.05, 4.69) is 17.2 Å². The molecule has 1 aromatic rings. The van der Waals surface area contributed by atoms with Crippen LogP contribution in [0.2, 0.25) is 0 Å². The van der Waals surface area contributed by atoms with E-state index in [-0.39, 0.29) is 0 Å². The van der Waals surface area contributed by atoms with Crippen molar-refractivity contribution in [3.05, 3.63) is 10.6 Å². The summed E-state index contributed by atoms with van der Waals surface area (Å²) in [5.74, 6) is 0.824. The minimum Gasteiger partial charge on any atom is -0.383 e. The van der Waals surface area contributed by atoms with Gasteiger partial charge in [0.25, 0.3) is 0 Å². The number of aromatic nitrogens is 1. The van der Waals surface area contributed by atoms with Crippen molar-refractivity contribution in [1.82, 2.24) is 4.98 Å². The van der Waals surface area contributed by atoms with Gasteiger partial charge in [0, 0.05) is 18.5 Å². The topological polar surface area (TPSA) is 34.1 Å². The van der Waals surface area contributed by atoms with Gasteiger partial charge in [-0.05, 0) is 25.2 Å². The summed E-state index contributed by atoms with van der Waals surface area (Å²) in [5.41, 5.74) is 1.32. The summed E-state index contributed by atoms with van der Waals surface area (Å²) in [5, 5.41) is 4.36. The van der Waals surface area contributed by atoms with E-state index >= 15 is 0 Å². The Bertz CT molecular complexity index is 324. The molecule has 0 saturated heterocycles. The molecule has 0 spiro atoms. The van der Waals surface area contributed by atoms with Crippen LogP contribution in [0.4, 0.5) is 5.13 Å². The van der Waals surface area contributed by atoms with Crippen LogP contribution in [0.25, 0.3) is 0 Å². The van der Waals surface area contributed by atoms with E-state index in [0.717, 1.165) is 30.6 Å². The van der Waals surface area contributed by atoms with Gasteiger partial charge in [0.15, 0.2) is 5.13 Å². The lowest BCUT2D eigenvalue weighted by molar-refractivity contribution is 0.211. The number of aryl methyl sites for hydroxylation is 1. The molecule has 84 valence electrons. The Morgan fingerprint density at radius 2 is 2.47 bits per heavy atom. The molecule has 0 radical (unpaired) electrons. The molecule has 3 nitrogen and oxygen atoms in total. The van der Waals surface area contributed by atoms with Crippen LogP contribution in [0.15, 0.2) is 0 Å². The first-order chi connectivity index (χ1) is 7.29. The third-order valence-corrected chi connectivity index (χ3v) is 3.85. The average Bonchev–Trinajstić information content (AvgIpc) is 2.60. The molecule has 0 saturated carbocycles. The fraction of sp³-hybridized carbons (Fsp3) is 0.727. The van der Waals surface area contributed by atoms with Gasteiger partial charge in [0.05, 0.1) is 12.3 Å². The summed E-state index contributed by atoms with van der Waals surface area (Å²) >= 11 is 1.81. The van der Waals surface area contributed by atoms with Gasteiger partial charge < -0.3 is 10.1 Å². The molecule has 2 rings (SSSR count). The molecule has 0 bridgehead atoms. The van der Waals surface area contributed by atoms with E-state index < -0.39 is 0 Å². The molecule has 0 fully saturated rings. The summed E-state index contributed by atoms with van der Waals surface area (Å²) in [4.78, 5) is 6.09. The average molecular weight is 226 g/mol. The molecule has 1 heterocycles. The fourth-order valence-corrected chi connectivity index (χ4v) is 3.07. The maximum absolute atomic E-state index is 5.00. The largest absolute Gasteiger partial charge is 0.383 e. The maximum Gasteiger partial charge on any atom is 0.183 e. The summed E-state index contributed by atoms with van der Waals surface area (Å²) in [7, 11) is 1.72. The number of nitrogens with one attached hydrogen (secondary N) is 1. The van der Waals surface area contributed by atoms with E-state index in [9.17, 15) is 0 Å². The predicted molar refractivity (Wildman–Crippen MR) is 63.7 cm³/mol. The Kier molecular flexibility index (Phi) is 3.59. The smallest absolute Gasteiger partial charge is 0.183 e. The van der Waals surface area contributed by atoms with Crippen molar-refractivity contribution < 1.29 is 4.74 Å². The highest BCUT2D eigenvalue weighted by molar-refractivity contribution is 7.15. The van der Waals surface area contributed by atoms with Crippen LogP contribution in [0.5, 0.6) is 0 Å². The van der Waals surface area contributed by atoms with Gasteiger partial charge in [0.2, 0.25) is 0 Å². The second-order valence-electron chi connectivity index (χ2n) is 4.16. The number of nitrogens with zero attached hydrogens (tertiary/aromatic N) is 1. The van der Waals surface area contributed by atoms with Crippen LogP contribution in [-0.4, -0.2) is 25.2 Å². The molecule has 15 heavy (non-hydrogen) atoms. The first-order valence-electron chi connectivity index (χ1n) is 5.51. The van der Waals surface area contributed by atoms with Crippen LogP contribution in [-0.2, 0) is 17.6 Å². The Labute approximate surface area is 94.9 Å². The molecule has 1 aromatic heterocycles. The van der Waals surface area contributed by atoms with E-state index in [4.69, 9.17) is 4.74 Å². The van der Waals surface area contributed by atoms with Crippen LogP contribution in [0.1, 0.15) is 23.9 Å². The lowest BCUT2D eigenvalue weighted by Crippen LogP contribution is -2.09. The number of hydrogen-bond acceptors (Lipinski definition) is 4. The number of thiazole rings is 1. The van der Waals surface area contributed by atoms with E-state index in [0.29, 0.717) is 0 Å². The zero-order chi connectivity index (χ0) is 10.7. The Balaban J connectivity index is 1.96. The Hall–Kier alpha value is -0.610. The van der Waals surface area contributed by atoms with Crippen molar-refractivity contribution in [3.63, 3.8) is 0 Å². The zero-order valence-electron chi connectivity index (χ0n) is 9.38. The Morgan fingerprint density at radius 3 is 3.27 bits per heavy atom. The predicted octanol–water partition coefficient (Wildman–Crippen LogP) is 2.33. The minimum absolute atomic E-state index is 0.737. The van der Waals surface area contributed by atoms with Crippen molar-refractivity contribution in [2.24, 2.45) is 5.92 Å². The van der Waals surface area contributed by atoms with Gasteiger partial charge >= 0.3 is 0 Å². The van der Waals surface area contributed by atoms with Crippen molar-refractivity contribution in [1.29, 1.82) is 0 Å². The summed E-state index contributed by atoms with van der Waals surface area (Å²) < 4.78 is 5.00. The van der Waals surface area contributed by atoms with Crippen molar-refractivity contribution >= 4 is 16.5 Å². The monoisotopic (exact) mass is 226 g/mol. The van der Waals surface area contributed by atoms with Crippen molar-refractivity contribution in [2.75, 3.05) is 25.6 Å². The SMILES string of the molecule is COCCNc1nc2c(s1)CC(C)CC2. The molecular weight excluding hydrogens is 208 g/mol. The van der Waals surface area contributed by atoms with E-state index in [1.807, 2.05) is 11.3 Å². The van der Waals surface area contributed by atoms with E-state index in [1.54, 1.807) is 7.11 Å². The standard InChI is InChI=1S/C11H18N2OS/c1-8-3-4-9-10(7-8)15-11(13-9)12-5-6-14-2/h8H,3-7H2,1-2H3,(H,12,13). The summed E-state index contributed by atoms with van der Waals surface area (Å²) in [6.07, 6.45) is 3.64. The van der Waals surface area contributed by atoms with E-state index in [1.165, 1.54) is 23.4 Å². The molecule has 1 aliphatic rings. The van der Waals surface area contributed by atoms with Crippen molar-refractivity contribution in [2.45, 2.75) is 26.2 Å². The molecule has 4 heteroatoms. The van der Waals surface area contributed by atoms with Crippen molar-refractivity contribution in [3.8, 4) is 0 Å². The Morgan fingerprint density at radius 1 is 1.60 bits per heavy atom. The normalized spacial score (nSPS) is 20.0.